The number of anilines is 2. The van der Waals surface area contributed by atoms with Gasteiger partial charge in [0.1, 0.15) is 11.6 Å². The highest BCUT2D eigenvalue weighted by molar-refractivity contribution is 7.92. The van der Waals surface area contributed by atoms with Crippen LogP contribution in [-0.2, 0) is 16.4 Å². The van der Waals surface area contributed by atoms with E-state index in [2.05, 4.69) is 5.32 Å². The van der Waals surface area contributed by atoms with E-state index in [1.807, 2.05) is 0 Å². The molecular weight excluding hydrogens is 410 g/mol. The summed E-state index contributed by atoms with van der Waals surface area (Å²) in [5.41, 5.74) is 1.63. The minimum absolute atomic E-state index is 0.00804. The van der Waals surface area contributed by atoms with Gasteiger partial charge in [-0.05, 0) is 73.0 Å². The number of fused-ring (bicyclic) bond motifs is 1. The van der Waals surface area contributed by atoms with Gasteiger partial charge in [0.25, 0.3) is 15.9 Å². The normalized spacial score (nSPS) is 13.6. The topological polar surface area (TPSA) is 66.5 Å². The summed E-state index contributed by atoms with van der Waals surface area (Å²) in [7, 11) is -3.85. The lowest BCUT2D eigenvalue weighted by Crippen LogP contribution is -2.35. The first-order valence-electron chi connectivity index (χ1n) is 9.33. The number of aryl methyl sites for hydroxylation is 1. The van der Waals surface area contributed by atoms with E-state index in [4.69, 9.17) is 0 Å². The Balaban J connectivity index is 1.62. The molecule has 5 nitrogen and oxygen atoms in total. The van der Waals surface area contributed by atoms with Crippen LogP contribution >= 0.6 is 0 Å². The molecule has 1 aliphatic rings. The molecule has 30 heavy (non-hydrogen) atoms. The van der Waals surface area contributed by atoms with Crippen molar-refractivity contribution in [2.24, 2.45) is 0 Å². The quantitative estimate of drug-likeness (QED) is 0.672. The Bertz CT molecular complexity index is 1210. The maximum absolute atomic E-state index is 13.8. The largest absolute Gasteiger partial charge is 0.322 e. The fourth-order valence-corrected chi connectivity index (χ4v) is 5.01. The summed E-state index contributed by atoms with van der Waals surface area (Å²) in [6, 6.07) is 15.3. The Hall–Kier alpha value is -3.26. The van der Waals surface area contributed by atoms with Crippen molar-refractivity contribution >= 4 is 27.3 Å². The van der Waals surface area contributed by atoms with Crippen molar-refractivity contribution in [2.45, 2.75) is 17.7 Å². The molecule has 1 N–H and O–H groups in total. The van der Waals surface area contributed by atoms with Gasteiger partial charge in [0, 0.05) is 12.2 Å². The lowest BCUT2D eigenvalue weighted by Gasteiger charge is -2.31. The lowest BCUT2D eigenvalue weighted by molar-refractivity contribution is 0.102. The Kier molecular flexibility index (Phi) is 5.26. The second-order valence-corrected chi connectivity index (χ2v) is 8.77. The second kappa shape index (κ2) is 7.87. The number of hydrogen-bond donors (Lipinski definition) is 1. The van der Waals surface area contributed by atoms with Crippen LogP contribution in [0, 0.1) is 11.6 Å². The van der Waals surface area contributed by atoms with Crippen LogP contribution in [0.4, 0.5) is 20.2 Å². The van der Waals surface area contributed by atoms with Crippen LogP contribution in [0.3, 0.4) is 0 Å². The van der Waals surface area contributed by atoms with Crippen LogP contribution in [-0.4, -0.2) is 20.9 Å². The number of rotatable bonds is 4. The van der Waals surface area contributed by atoms with Crippen LogP contribution in [0.25, 0.3) is 0 Å². The van der Waals surface area contributed by atoms with Gasteiger partial charge in [0.05, 0.1) is 16.1 Å². The van der Waals surface area contributed by atoms with Crippen molar-refractivity contribution in [3.05, 3.63) is 89.5 Å². The zero-order valence-electron chi connectivity index (χ0n) is 15.8. The van der Waals surface area contributed by atoms with Crippen LogP contribution in [0.15, 0.2) is 71.6 Å². The first-order chi connectivity index (χ1) is 14.4. The molecule has 3 aromatic carbocycles. The molecule has 0 saturated carbocycles. The molecule has 1 aliphatic heterocycles. The molecule has 8 heteroatoms. The molecule has 0 aromatic heterocycles. The van der Waals surface area contributed by atoms with E-state index in [1.54, 1.807) is 24.3 Å². The van der Waals surface area contributed by atoms with Crippen molar-refractivity contribution < 1.29 is 22.0 Å². The molecule has 3 aromatic rings. The highest BCUT2D eigenvalue weighted by Crippen LogP contribution is 2.34. The average molecular weight is 428 g/mol. The second-order valence-electron chi connectivity index (χ2n) is 6.91. The Morgan fingerprint density at radius 2 is 1.70 bits per heavy atom. The number of amides is 1. The predicted octanol–water partition coefficient (Wildman–Crippen LogP) is 4.36. The molecule has 1 heterocycles. The van der Waals surface area contributed by atoms with Gasteiger partial charge < -0.3 is 5.32 Å². The van der Waals surface area contributed by atoms with Crippen LogP contribution in [0.2, 0.25) is 0 Å². The highest BCUT2D eigenvalue weighted by atomic mass is 32.2. The van der Waals surface area contributed by atoms with Gasteiger partial charge in [-0.15, -0.1) is 0 Å². The van der Waals surface area contributed by atoms with Gasteiger partial charge in [-0.3, -0.25) is 9.10 Å². The van der Waals surface area contributed by atoms with Crippen molar-refractivity contribution in [3.8, 4) is 0 Å². The molecule has 0 spiro atoms. The Morgan fingerprint density at radius 1 is 0.967 bits per heavy atom. The maximum atomic E-state index is 13.8. The maximum Gasteiger partial charge on any atom is 0.264 e. The van der Waals surface area contributed by atoms with Gasteiger partial charge in [-0.25, -0.2) is 17.2 Å². The highest BCUT2D eigenvalue weighted by Gasteiger charge is 2.29. The van der Waals surface area contributed by atoms with Gasteiger partial charge >= 0.3 is 0 Å². The molecule has 0 aliphatic carbocycles. The summed E-state index contributed by atoms with van der Waals surface area (Å²) < 4.78 is 54.4. The molecule has 0 unspecified atom stereocenters. The SMILES string of the molecule is O=C(Nc1ccc2c(c1)CCCN2S(=O)(=O)c1ccc(F)cc1)c1ccccc1F. The fourth-order valence-electron chi connectivity index (χ4n) is 3.47. The minimum Gasteiger partial charge on any atom is -0.322 e. The third-order valence-electron chi connectivity index (χ3n) is 4.93. The van der Waals surface area contributed by atoms with Gasteiger partial charge in [0.15, 0.2) is 0 Å². The number of halogens is 2. The summed E-state index contributed by atoms with van der Waals surface area (Å²) >= 11 is 0. The number of benzene rings is 3. The van der Waals surface area contributed by atoms with Crippen molar-refractivity contribution in [3.63, 3.8) is 0 Å². The van der Waals surface area contributed by atoms with Gasteiger partial charge in [0.2, 0.25) is 0 Å². The number of nitrogens with one attached hydrogen (secondary N) is 1. The third kappa shape index (κ3) is 3.78. The minimum atomic E-state index is -3.85. The molecule has 0 fully saturated rings. The summed E-state index contributed by atoms with van der Waals surface area (Å²) in [4.78, 5) is 12.4. The van der Waals surface area contributed by atoms with Crippen LogP contribution in [0.5, 0.6) is 0 Å². The molecule has 4 rings (SSSR count). The Labute approximate surface area is 173 Å². The summed E-state index contributed by atoms with van der Waals surface area (Å²) in [5.74, 6) is -1.72. The monoisotopic (exact) mass is 428 g/mol. The number of sulfonamides is 1. The van der Waals surface area contributed by atoms with Crippen molar-refractivity contribution in [1.82, 2.24) is 0 Å². The van der Waals surface area contributed by atoms with E-state index in [-0.39, 0.29) is 10.5 Å². The molecule has 0 atom stereocenters. The van der Waals surface area contributed by atoms with E-state index < -0.39 is 27.6 Å². The average Bonchev–Trinajstić information content (AvgIpc) is 2.73. The fraction of sp³-hybridized carbons (Fsp3) is 0.136. The molecule has 0 saturated heterocycles. The Morgan fingerprint density at radius 3 is 2.43 bits per heavy atom. The first-order valence-corrected chi connectivity index (χ1v) is 10.8. The predicted molar refractivity (Wildman–Crippen MR) is 110 cm³/mol. The number of carbonyl (C=O) groups is 1. The summed E-state index contributed by atoms with van der Waals surface area (Å²) in [6.07, 6.45) is 1.23. The molecular formula is C22H18F2N2O3S. The van der Waals surface area contributed by atoms with Crippen LogP contribution in [0.1, 0.15) is 22.3 Å². The molecule has 0 radical (unpaired) electrons. The molecule has 0 bridgehead atoms. The number of hydrogen-bond acceptors (Lipinski definition) is 3. The smallest absolute Gasteiger partial charge is 0.264 e. The third-order valence-corrected chi connectivity index (χ3v) is 6.76. The van der Waals surface area contributed by atoms with E-state index in [1.165, 1.54) is 34.6 Å². The number of nitrogens with zero attached hydrogens (tertiary/aromatic N) is 1. The zero-order valence-corrected chi connectivity index (χ0v) is 16.6. The van der Waals surface area contributed by atoms with E-state index in [9.17, 15) is 22.0 Å². The van der Waals surface area contributed by atoms with Gasteiger partial charge in [-0.1, -0.05) is 12.1 Å². The van der Waals surface area contributed by atoms with E-state index in [0.717, 1.165) is 17.7 Å². The van der Waals surface area contributed by atoms with Crippen molar-refractivity contribution in [1.29, 1.82) is 0 Å². The van der Waals surface area contributed by atoms with E-state index >= 15 is 0 Å². The van der Waals surface area contributed by atoms with Crippen molar-refractivity contribution in [2.75, 3.05) is 16.2 Å². The summed E-state index contributed by atoms with van der Waals surface area (Å²) in [6.45, 7) is 0.299. The summed E-state index contributed by atoms with van der Waals surface area (Å²) in [5, 5.41) is 2.65. The molecule has 154 valence electrons. The number of carbonyl (C=O) groups excluding carboxylic acids is 1. The van der Waals surface area contributed by atoms with E-state index in [0.29, 0.717) is 30.8 Å². The van der Waals surface area contributed by atoms with Gasteiger partial charge in [-0.2, -0.15) is 0 Å². The standard InChI is InChI=1S/C22H18F2N2O3S/c23-16-7-10-18(11-8-16)30(28,29)26-13-3-4-15-14-17(9-12-21(15)26)25-22(27)19-5-1-2-6-20(19)24/h1-2,5-12,14H,3-4,13H2,(H,25,27). The zero-order chi connectivity index (χ0) is 21.3. The lowest BCUT2D eigenvalue weighted by atomic mass is 10.0. The van der Waals surface area contributed by atoms with Crippen LogP contribution < -0.4 is 9.62 Å². The first kappa shape index (κ1) is 20.0. The molecule has 1 amide bonds.